The third-order valence-corrected chi connectivity index (χ3v) is 4.56. The van der Waals surface area contributed by atoms with Gasteiger partial charge < -0.3 is 10.1 Å². The first-order valence-corrected chi connectivity index (χ1v) is 7.26. The summed E-state index contributed by atoms with van der Waals surface area (Å²) in [4.78, 5) is 4.15. The Morgan fingerprint density at radius 1 is 1.05 bits per heavy atom. The second kappa shape index (κ2) is 4.91. The van der Waals surface area contributed by atoms with Gasteiger partial charge in [-0.2, -0.15) is 0 Å². The van der Waals surface area contributed by atoms with Gasteiger partial charge in [-0.05, 0) is 54.3 Å². The van der Waals surface area contributed by atoms with Gasteiger partial charge in [0.15, 0.2) is 0 Å². The number of nitrogens with one attached hydrogen (secondary N) is 1. The molecule has 2 atom stereocenters. The average molecular weight is 266 g/mol. The molecule has 1 N–H and O–H groups in total. The molecule has 0 bridgehead atoms. The monoisotopic (exact) mass is 266 g/mol. The lowest BCUT2D eigenvalue weighted by Gasteiger charge is -2.09. The summed E-state index contributed by atoms with van der Waals surface area (Å²) in [6.07, 6.45) is 3.68. The van der Waals surface area contributed by atoms with Crippen LogP contribution in [0.4, 0.5) is 0 Å². The molecule has 1 aliphatic heterocycles. The molecule has 1 aromatic carbocycles. The molecule has 3 nitrogen and oxygen atoms in total. The van der Waals surface area contributed by atoms with Crippen LogP contribution in [-0.4, -0.2) is 24.7 Å². The van der Waals surface area contributed by atoms with E-state index in [1.807, 2.05) is 12.3 Å². The Bertz CT molecular complexity index is 572. The summed E-state index contributed by atoms with van der Waals surface area (Å²) in [6.45, 7) is 3.22. The Hall–Kier alpha value is -1.87. The number of aromatic nitrogens is 1. The number of piperidine rings is 1. The molecule has 2 aliphatic rings. The molecule has 20 heavy (non-hydrogen) atoms. The first kappa shape index (κ1) is 11.9. The van der Waals surface area contributed by atoms with Crippen LogP contribution in [0.2, 0.25) is 0 Å². The zero-order valence-electron chi connectivity index (χ0n) is 11.3. The quantitative estimate of drug-likeness (QED) is 0.923. The predicted octanol–water partition coefficient (Wildman–Crippen LogP) is 2.59. The van der Waals surface area contributed by atoms with Crippen molar-refractivity contribution in [3.05, 3.63) is 48.8 Å². The van der Waals surface area contributed by atoms with Gasteiger partial charge in [0.25, 0.3) is 0 Å². The minimum Gasteiger partial charge on any atom is -0.493 e. The Labute approximate surface area is 119 Å². The molecular formula is C17H18N2O. The van der Waals surface area contributed by atoms with Gasteiger partial charge in [-0.3, -0.25) is 4.98 Å². The topological polar surface area (TPSA) is 34.1 Å². The minimum atomic E-state index is 0.772. The van der Waals surface area contributed by atoms with Crippen LogP contribution in [0.25, 0.3) is 11.1 Å². The minimum absolute atomic E-state index is 0.772. The summed E-state index contributed by atoms with van der Waals surface area (Å²) in [5.74, 6) is 3.47. The predicted molar refractivity (Wildman–Crippen MR) is 78.5 cm³/mol. The van der Waals surface area contributed by atoms with Gasteiger partial charge in [0.2, 0.25) is 0 Å². The second-order valence-electron chi connectivity index (χ2n) is 5.73. The Morgan fingerprint density at radius 3 is 2.55 bits per heavy atom. The van der Waals surface area contributed by atoms with Crippen LogP contribution in [0, 0.1) is 17.8 Å². The number of benzene rings is 1. The van der Waals surface area contributed by atoms with E-state index in [9.17, 15) is 0 Å². The van der Waals surface area contributed by atoms with Crippen LogP contribution in [0.1, 0.15) is 0 Å². The summed E-state index contributed by atoms with van der Waals surface area (Å²) < 4.78 is 5.91. The molecule has 3 heteroatoms. The first-order chi connectivity index (χ1) is 9.92. The molecule has 2 fully saturated rings. The molecule has 1 saturated heterocycles. The number of fused-ring (bicyclic) bond motifs is 1. The lowest BCUT2D eigenvalue weighted by atomic mass is 10.1. The number of pyridine rings is 1. The number of nitrogens with zero attached hydrogens (tertiary/aromatic N) is 1. The molecule has 1 aromatic heterocycles. The first-order valence-electron chi connectivity index (χ1n) is 7.26. The van der Waals surface area contributed by atoms with E-state index in [0.717, 1.165) is 35.7 Å². The molecule has 2 unspecified atom stereocenters. The molecule has 1 aliphatic carbocycles. The highest BCUT2D eigenvalue weighted by Gasteiger charge is 2.52. The maximum atomic E-state index is 5.91. The lowest BCUT2D eigenvalue weighted by Crippen LogP contribution is -2.17. The number of rotatable bonds is 4. The fraction of sp³-hybridized carbons (Fsp3) is 0.353. The third kappa shape index (κ3) is 2.18. The van der Waals surface area contributed by atoms with Gasteiger partial charge in [-0.25, -0.2) is 0 Å². The van der Waals surface area contributed by atoms with Crippen molar-refractivity contribution in [3.63, 3.8) is 0 Å². The lowest BCUT2D eigenvalue weighted by molar-refractivity contribution is 0.280. The van der Waals surface area contributed by atoms with E-state index in [1.165, 1.54) is 18.7 Å². The van der Waals surface area contributed by atoms with Gasteiger partial charge in [0.1, 0.15) is 5.75 Å². The van der Waals surface area contributed by atoms with Crippen LogP contribution >= 0.6 is 0 Å². The van der Waals surface area contributed by atoms with Crippen molar-refractivity contribution >= 4 is 0 Å². The van der Waals surface area contributed by atoms with Gasteiger partial charge >= 0.3 is 0 Å². The standard InChI is InChI=1S/C17H18N2O/c1-2-13(8-18-7-1)12-3-5-14(6-4-12)20-11-17-15-9-19-10-16(15)17/h1-8,15-17,19H,9-11H2. The van der Waals surface area contributed by atoms with E-state index in [4.69, 9.17) is 4.74 Å². The summed E-state index contributed by atoms with van der Waals surface area (Å²) in [7, 11) is 0. The SMILES string of the molecule is c1cncc(-c2ccc(OCC3C4CNCC43)cc2)c1. The summed E-state index contributed by atoms with van der Waals surface area (Å²) >= 11 is 0. The van der Waals surface area contributed by atoms with E-state index in [1.54, 1.807) is 6.20 Å². The highest BCUT2D eigenvalue weighted by atomic mass is 16.5. The van der Waals surface area contributed by atoms with Gasteiger partial charge in [0.05, 0.1) is 6.61 Å². The Balaban J connectivity index is 1.38. The molecule has 4 rings (SSSR count). The zero-order valence-corrected chi connectivity index (χ0v) is 11.3. The molecule has 2 heterocycles. The van der Waals surface area contributed by atoms with Crippen molar-refractivity contribution in [3.8, 4) is 16.9 Å². The van der Waals surface area contributed by atoms with Crippen LogP contribution in [-0.2, 0) is 0 Å². The maximum Gasteiger partial charge on any atom is 0.119 e. The Morgan fingerprint density at radius 2 is 1.85 bits per heavy atom. The summed E-state index contributed by atoms with van der Waals surface area (Å²) in [6, 6.07) is 12.3. The van der Waals surface area contributed by atoms with Crippen molar-refractivity contribution in [2.75, 3.05) is 19.7 Å². The highest BCUT2D eigenvalue weighted by Crippen LogP contribution is 2.48. The van der Waals surface area contributed by atoms with Crippen molar-refractivity contribution in [1.82, 2.24) is 10.3 Å². The molecular weight excluding hydrogens is 248 g/mol. The van der Waals surface area contributed by atoms with Crippen LogP contribution in [0.3, 0.4) is 0 Å². The molecule has 0 spiro atoms. The molecule has 102 valence electrons. The van der Waals surface area contributed by atoms with Crippen molar-refractivity contribution in [1.29, 1.82) is 0 Å². The number of hydrogen-bond acceptors (Lipinski definition) is 3. The van der Waals surface area contributed by atoms with E-state index < -0.39 is 0 Å². The average Bonchev–Trinajstić information content (AvgIpc) is 2.94. The van der Waals surface area contributed by atoms with Gasteiger partial charge in [-0.15, -0.1) is 0 Å². The number of ether oxygens (including phenoxy) is 1. The van der Waals surface area contributed by atoms with Crippen molar-refractivity contribution in [2.45, 2.75) is 0 Å². The largest absolute Gasteiger partial charge is 0.493 e. The van der Waals surface area contributed by atoms with E-state index in [-0.39, 0.29) is 0 Å². The van der Waals surface area contributed by atoms with E-state index in [0.29, 0.717) is 0 Å². The van der Waals surface area contributed by atoms with Crippen LogP contribution in [0.5, 0.6) is 5.75 Å². The van der Waals surface area contributed by atoms with Crippen molar-refractivity contribution in [2.24, 2.45) is 17.8 Å². The van der Waals surface area contributed by atoms with E-state index >= 15 is 0 Å². The van der Waals surface area contributed by atoms with E-state index in [2.05, 4.69) is 40.6 Å². The maximum absolute atomic E-state index is 5.91. The normalized spacial score (nSPS) is 27.1. The third-order valence-electron chi connectivity index (χ3n) is 4.56. The molecule has 2 aromatic rings. The van der Waals surface area contributed by atoms with Crippen LogP contribution in [0.15, 0.2) is 48.8 Å². The zero-order chi connectivity index (χ0) is 13.4. The Kier molecular flexibility index (Phi) is 2.92. The van der Waals surface area contributed by atoms with Crippen LogP contribution < -0.4 is 10.1 Å². The van der Waals surface area contributed by atoms with Gasteiger partial charge in [-0.1, -0.05) is 18.2 Å². The van der Waals surface area contributed by atoms with Crippen molar-refractivity contribution < 1.29 is 4.74 Å². The highest BCUT2D eigenvalue weighted by molar-refractivity contribution is 5.62. The smallest absolute Gasteiger partial charge is 0.119 e. The molecule has 1 saturated carbocycles. The molecule has 0 radical (unpaired) electrons. The number of hydrogen-bond donors (Lipinski definition) is 1. The molecule has 0 amide bonds. The second-order valence-corrected chi connectivity index (χ2v) is 5.73. The fourth-order valence-corrected chi connectivity index (χ4v) is 3.26. The fourth-order valence-electron chi connectivity index (χ4n) is 3.26. The van der Waals surface area contributed by atoms with Gasteiger partial charge in [0, 0.05) is 18.3 Å². The summed E-state index contributed by atoms with van der Waals surface area (Å²) in [5, 5.41) is 3.41. The summed E-state index contributed by atoms with van der Waals surface area (Å²) in [5.41, 5.74) is 2.32.